The summed E-state index contributed by atoms with van der Waals surface area (Å²) in [4.78, 5) is 38.7. The van der Waals surface area contributed by atoms with Crippen molar-refractivity contribution in [3.63, 3.8) is 0 Å². The van der Waals surface area contributed by atoms with Crippen molar-refractivity contribution in [1.82, 2.24) is 4.90 Å². The lowest BCUT2D eigenvalue weighted by molar-refractivity contribution is -0.384. The van der Waals surface area contributed by atoms with Crippen molar-refractivity contribution in [3.8, 4) is 0 Å². The molecule has 0 aliphatic carbocycles. The lowest BCUT2D eigenvalue weighted by atomic mass is 10.1. The van der Waals surface area contributed by atoms with Crippen molar-refractivity contribution in [2.24, 2.45) is 0 Å². The molecule has 0 saturated heterocycles. The number of hydrogen-bond donors (Lipinski definition) is 0. The Morgan fingerprint density at radius 2 is 1.53 bits per heavy atom. The first kappa shape index (κ1) is 23.7. The van der Waals surface area contributed by atoms with E-state index in [0.717, 1.165) is 24.8 Å². The average Bonchev–Trinajstić information content (AvgIpc) is 3.04. The molecule has 0 atom stereocenters. The molecule has 0 bridgehead atoms. The molecule has 0 aromatic heterocycles. The number of imide groups is 1. The number of thioether (sulfide) groups is 1. The molecule has 2 amide bonds. The molecule has 0 saturated carbocycles. The Balaban J connectivity index is 1.79. The monoisotopic (exact) mass is 452 g/mol. The number of unbranched alkanes of at least 4 members (excludes halogenated alkanes) is 5. The highest BCUT2D eigenvalue weighted by atomic mass is 32.2. The van der Waals surface area contributed by atoms with Gasteiger partial charge in [0.05, 0.1) is 15.4 Å². The SMILES string of the molecule is CCCCCCCCN1C(=O)C(SCc2ccccc2)=C(c2ccc([N+](=O)[O-])cc2)C1=O. The lowest BCUT2D eigenvalue weighted by Gasteiger charge is -2.15. The molecule has 7 heteroatoms. The van der Waals surface area contributed by atoms with E-state index in [1.165, 1.54) is 48.1 Å². The molecule has 0 radical (unpaired) electrons. The normalized spacial score (nSPS) is 13.8. The predicted octanol–water partition coefficient (Wildman–Crippen LogP) is 5.97. The van der Waals surface area contributed by atoms with Crippen LogP contribution in [0.1, 0.15) is 56.6 Å². The number of nitro groups is 1. The van der Waals surface area contributed by atoms with Crippen LogP contribution in [-0.2, 0) is 15.3 Å². The van der Waals surface area contributed by atoms with Crippen LogP contribution in [0.3, 0.4) is 0 Å². The summed E-state index contributed by atoms with van der Waals surface area (Å²) in [6.45, 7) is 2.57. The molecule has 2 aromatic rings. The minimum absolute atomic E-state index is 0.0476. The highest BCUT2D eigenvalue weighted by Crippen LogP contribution is 2.38. The Morgan fingerprint density at radius 3 is 2.19 bits per heavy atom. The second-order valence-corrected chi connectivity index (χ2v) is 8.80. The first-order valence-corrected chi connectivity index (χ1v) is 12.0. The van der Waals surface area contributed by atoms with Crippen molar-refractivity contribution < 1.29 is 14.5 Å². The number of nitro benzene ring substituents is 1. The zero-order valence-corrected chi connectivity index (χ0v) is 19.1. The molecule has 1 aliphatic heterocycles. The van der Waals surface area contributed by atoms with Crippen molar-refractivity contribution in [1.29, 1.82) is 0 Å². The van der Waals surface area contributed by atoms with Gasteiger partial charge in [0.1, 0.15) is 0 Å². The van der Waals surface area contributed by atoms with Gasteiger partial charge >= 0.3 is 0 Å². The third-order valence-electron chi connectivity index (χ3n) is 5.45. The van der Waals surface area contributed by atoms with Crippen LogP contribution in [0.15, 0.2) is 59.5 Å². The maximum Gasteiger partial charge on any atom is 0.269 e. The Kier molecular flexibility index (Phi) is 8.62. The fourth-order valence-corrected chi connectivity index (χ4v) is 4.76. The van der Waals surface area contributed by atoms with Crippen LogP contribution in [0.5, 0.6) is 0 Å². The number of non-ortho nitro benzene ring substituents is 1. The summed E-state index contributed by atoms with van der Waals surface area (Å²) >= 11 is 1.35. The second-order valence-electron chi connectivity index (χ2n) is 7.81. The van der Waals surface area contributed by atoms with E-state index in [1.54, 1.807) is 12.1 Å². The molecule has 0 N–H and O–H groups in total. The zero-order valence-electron chi connectivity index (χ0n) is 18.3. The van der Waals surface area contributed by atoms with E-state index in [-0.39, 0.29) is 17.5 Å². The molecule has 0 unspecified atom stereocenters. The van der Waals surface area contributed by atoms with E-state index in [2.05, 4.69) is 6.92 Å². The molecular weight excluding hydrogens is 424 g/mol. The number of amides is 2. The maximum atomic E-state index is 13.2. The van der Waals surface area contributed by atoms with Crippen LogP contribution < -0.4 is 0 Å². The number of benzene rings is 2. The molecule has 0 fully saturated rings. The van der Waals surface area contributed by atoms with Crippen LogP contribution in [0.25, 0.3) is 5.57 Å². The van der Waals surface area contributed by atoms with Crippen molar-refractivity contribution in [2.75, 3.05) is 6.54 Å². The van der Waals surface area contributed by atoms with Gasteiger partial charge in [0, 0.05) is 24.4 Å². The van der Waals surface area contributed by atoms with Gasteiger partial charge in [0.15, 0.2) is 0 Å². The highest BCUT2D eigenvalue weighted by molar-refractivity contribution is 8.03. The van der Waals surface area contributed by atoms with E-state index in [1.807, 2.05) is 30.3 Å². The Labute approximate surface area is 192 Å². The fourth-order valence-electron chi connectivity index (χ4n) is 3.68. The summed E-state index contributed by atoms with van der Waals surface area (Å²) in [5.74, 6) is -0.0119. The van der Waals surface area contributed by atoms with Crippen LogP contribution in [-0.4, -0.2) is 28.2 Å². The average molecular weight is 453 g/mol. The highest BCUT2D eigenvalue weighted by Gasteiger charge is 2.38. The minimum Gasteiger partial charge on any atom is -0.274 e. The Bertz CT molecular complexity index is 987. The van der Waals surface area contributed by atoms with Crippen LogP contribution in [0.2, 0.25) is 0 Å². The first-order valence-electron chi connectivity index (χ1n) is 11.0. The molecular formula is C25H28N2O4S. The van der Waals surface area contributed by atoms with Crippen molar-refractivity contribution in [2.45, 2.75) is 51.2 Å². The number of carbonyl (C=O) groups is 2. The van der Waals surface area contributed by atoms with Gasteiger partial charge in [-0.25, -0.2) is 0 Å². The van der Waals surface area contributed by atoms with Gasteiger partial charge in [-0.3, -0.25) is 24.6 Å². The van der Waals surface area contributed by atoms with E-state index in [9.17, 15) is 19.7 Å². The summed E-state index contributed by atoms with van der Waals surface area (Å²) in [7, 11) is 0. The van der Waals surface area contributed by atoms with Gasteiger partial charge in [0.2, 0.25) is 0 Å². The quantitative estimate of drug-likeness (QED) is 0.172. The number of rotatable bonds is 12. The van der Waals surface area contributed by atoms with E-state index in [4.69, 9.17) is 0 Å². The smallest absolute Gasteiger partial charge is 0.269 e. The number of carbonyl (C=O) groups excluding carboxylic acids is 2. The van der Waals surface area contributed by atoms with Gasteiger partial charge in [0.25, 0.3) is 17.5 Å². The standard InChI is InChI=1S/C25H28N2O4S/c1-2-3-4-5-6-10-17-26-24(28)22(20-13-15-21(16-14-20)27(30)31)23(25(26)29)32-18-19-11-8-7-9-12-19/h7-9,11-16H,2-6,10,17-18H2,1H3. The Morgan fingerprint density at radius 1 is 0.875 bits per heavy atom. The third kappa shape index (κ3) is 5.85. The summed E-state index contributed by atoms with van der Waals surface area (Å²) < 4.78 is 0. The zero-order chi connectivity index (χ0) is 22.9. The second kappa shape index (κ2) is 11.6. The maximum absolute atomic E-state index is 13.2. The molecule has 168 valence electrons. The predicted molar refractivity (Wildman–Crippen MR) is 128 cm³/mol. The summed E-state index contributed by atoms with van der Waals surface area (Å²) in [6, 6.07) is 15.6. The molecule has 32 heavy (non-hydrogen) atoms. The van der Waals surface area contributed by atoms with Gasteiger partial charge in [-0.1, -0.05) is 69.4 Å². The van der Waals surface area contributed by atoms with E-state index in [0.29, 0.717) is 28.3 Å². The number of hydrogen-bond acceptors (Lipinski definition) is 5. The molecule has 3 rings (SSSR count). The van der Waals surface area contributed by atoms with E-state index < -0.39 is 4.92 Å². The summed E-state index contributed by atoms with van der Waals surface area (Å²) in [5.41, 5.74) is 1.89. The Hall–Kier alpha value is -2.93. The molecule has 1 heterocycles. The molecule has 6 nitrogen and oxygen atoms in total. The van der Waals surface area contributed by atoms with Crippen LogP contribution >= 0.6 is 11.8 Å². The number of nitrogens with zero attached hydrogens (tertiary/aromatic N) is 2. The fraction of sp³-hybridized carbons (Fsp3) is 0.360. The van der Waals surface area contributed by atoms with E-state index >= 15 is 0 Å². The molecule has 0 spiro atoms. The van der Waals surface area contributed by atoms with Crippen molar-refractivity contribution >= 4 is 34.8 Å². The molecule has 1 aliphatic rings. The largest absolute Gasteiger partial charge is 0.274 e. The topological polar surface area (TPSA) is 80.5 Å². The van der Waals surface area contributed by atoms with Gasteiger partial charge in [-0.05, 0) is 29.7 Å². The summed E-state index contributed by atoms with van der Waals surface area (Å²) in [5, 5.41) is 11.0. The van der Waals surface area contributed by atoms with Gasteiger partial charge in [-0.2, -0.15) is 0 Å². The van der Waals surface area contributed by atoms with Crippen LogP contribution in [0.4, 0.5) is 5.69 Å². The van der Waals surface area contributed by atoms with Gasteiger partial charge < -0.3 is 0 Å². The van der Waals surface area contributed by atoms with Crippen molar-refractivity contribution in [3.05, 3.63) is 80.7 Å². The molecule has 2 aromatic carbocycles. The minimum atomic E-state index is -0.476. The lowest BCUT2D eigenvalue weighted by Crippen LogP contribution is -2.32. The third-order valence-corrected chi connectivity index (χ3v) is 6.60. The van der Waals surface area contributed by atoms with Gasteiger partial charge in [-0.15, -0.1) is 11.8 Å². The summed E-state index contributed by atoms with van der Waals surface area (Å²) in [6.07, 6.45) is 6.41. The van der Waals surface area contributed by atoms with Crippen LogP contribution in [0, 0.1) is 10.1 Å². The first-order chi connectivity index (χ1) is 15.5.